The fraction of sp³-hybridized carbons (Fsp3) is 0.267. The van der Waals surface area contributed by atoms with E-state index in [1.165, 1.54) is 5.56 Å². The topological polar surface area (TPSA) is 103 Å². The molecule has 4 rings (SSSR count). The summed E-state index contributed by atoms with van der Waals surface area (Å²) in [7, 11) is 0.426. The average molecular weight is 603 g/mol. The van der Waals surface area contributed by atoms with E-state index in [0.717, 1.165) is 42.7 Å². The number of halogens is 3. The van der Waals surface area contributed by atoms with Crippen molar-refractivity contribution in [2.24, 2.45) is 0 Å². The Hall–Kier alpha value is -4.00. The highest BCUT2D eigenvalue weighted by atomic mass is 32.2. The summed E-state index contributed by atoms with van der Waals surface area (Å²) in [5.41, 5.74) is 4.38. The van der Waals surface area contributed by atoms with Gasteiger partial charge in [0.25, 0.3) is 10.0 Å². The summed E-state index contributed by atoms with van der Waals surface area (Å²) >= 11 is 0. The number of pyridine rings is 1. The predicted octanol–water partition coefficient (Wildman–Crippen LogP) is 5.72. The molecular weight excluding hydrogens is 569 g/mol. The molecule has 4 aromatic rings. The van der Waals surface area contributed by atoms with Gasteiger partial charge in [0.2, 0.25) is 0 Å². The van der Waals surface area contributed by atoms with E-state index in [4.69, 9.17) is 9.90 Å². The number of alkyl halides is 3. The van der Waals surface area contributed by atoms with Crippen LogP contribution < -0.4 is 4.72 Å². The molecule has 0 saturated heterocycles. The monoisotopic (exact) mass is 602 g/mol. The van der Waals surface area contributed by atoms with Crippen LogP contribution in [0.25, 0.3) is 22.0 Å². The normalized spacial score (nSPS) is 11.8. The molecule has 1 heterocycles. The summed E-state index contributed by atoms with van der Waals surface area (Å²) in [4.78, 5) is 18.0. The smallest absolute Gasteiger partial charge is 0.475 e. The summed E-state index contributed by atoms with van der Waals surface area (Å²) in [6.07, 6.45) is -3.48. The second kappa shape index (κ2) is 14.3. The van der Waals surface area contributed by atoms with Crippen LogP contribution in [0.1, 0.15) is 12.5 Å². The minimum absolute atomic E-state index is 0.168. The molecule has 0 saturated carbocycles. The number of carboxylic acids is 1. The molecule has 8 nitrogen and oxygen atoms in total. The summed E-state index contributed by atoms with van der Waals surface area (Å²) < 4.78 is 60.5. The third-order valence-electron chi connectivity index (χ3n) is 6.27. The van der Waals surface area contributed by atoms with Crippen LogP contribution in [0.5, 0.6) is 0 Å². The van der Waals surface area contributed by atoms with Gasteiger partial charge in [-0.25, -0.2) is 13.2 Å². The molecule has 0 unspecified atom stereocenters. The van der Waals surface area contributed by atoms with Crippen LogP contribution >= 0.6 is 0 Å². The van der Waals surface area contributed by atoms with Crippen molar-refractivity contribution in [1.29, 1.82) is 0 Å². The molecule has 0 radical (unpaired) electrons. The number of carboxylic acid groups (broad SMARTS) is 1. The molecule has 0 amide bonds. The van der Waals surface area contributed by atoms with E-state index in [-0.39, 0.29) is 4.90 Å². The molecule has 0 fully saturated rings. The molecule has 0 aliphatic carbocycles. The first-order chi connectivity index (χ1) is 19.8. The standard InChI is InChI=1S/C28H32N4O2S.C2HF3O2/c1-4-32(20-19-31(2)3)21-22-10-12-23(13-11-22)24-14-16-26(17-15-24)30-35(33,34)27-9-5-7-25-8-6-18-29-28(25)27;3-2(4,5)1(6)7/h5-18,30H,4,19-21H2,1-3H3;(H,6,7). The Labute approximate surface area is 243 Å². The number of likely N-dealkylation sites (N-methyl/N-ethyl adjacent to an activating group) is 2. The number of benzene rings is 3. The van der Waals surface area contributed by atoms with Crippen LogP contribution in [0, 0.1) is 0 Å². The number of fused-ring (bicyclic) bond motifs is 1. The van der Waals surface area contributed by atoms with Gasteiger partial charge in [-0.2, -0.15) is 13.2 Å². The zero-order valence-electron chi connectivity index (χ0n) is 23.5. The minimum atomic E-state index is -5.08. The quantitative estimate of drug-likeness (QED) is 0.239. The first kappa shape index (κ1) is 32.5. The van der Waals surface area contributed by atoms with E-state index in [1.54, 1.807) is 36.5 Å². The van der Waals surface area contributed by atoms with E-state index >= 15 is 0 Å². The van der Waals surface area contributed by atoms with Crippen LogP contribution in [0.3, 0.4) is 0 Å². The first-order valence-corrected chi connectivity index (χ1v) is 14.5. The van der Waals surface area contributed by atoms with Gasteiger partial charge in [-0.15, -0.1) is 0 Å². The van der Waals surface area contributed by atoms with Gasteiger partial charge in [0.05, 0.1) is 5.52 Å². The molecule has 2 N–H and O–H groups in total. The number of para-hydroxylation sites is 1. The number of hydrogen-bond acceptors (Lipinski definition) is 6. The second-order valence-corrected chi connectivity index (χ2v) is 11.3. The first-order valence-electron chi connectivity index (χ1n) is 13.0. The fourth-order valence-corrected chi connectivity index (χ4v) is 5.22. The maximum Gasteiger partial charge on any atom is 0.490 e. The minimum Gasteiger partial charge on any atom is -0.475 e. The molecule has 224 valence electrons. The average Bonchev–Trinajstić information content (AvgIpc) is 2.95. The van der Waals surface area contributed by atoms with E-state index in [2.05, 4.69) is 64.8 Å². The largest absolute Gasteiger partial charge is 0.490 e. The highest BCUT2D eigenvalue weighted by Crippen LogP contribution is 2.26. The molecular formula is C30H33F3N4O4S. The van der Waals surface area contributed by atoms with Crippen LogP contribution in [0.4, 0.5) is 18.9 Å². The van der Waals surface area contributed by atoms with E-state index in [9.17, 15) is 21.6 Å². The Morgan fingerprint density at radius 3 is 2.02 bits per heavy atom. The number of nitrogens with one attached hydrogen (secondary N) is 1. The van der Waals surface area contributed by atoms with Crippen molar-refractivity contribution in [2.45, 2.75) is 24.5 Å². The van der Waals surface area contributed by atoms with Crippen LogP contribution in [-0.2, 0) is 21.4 Å². The summed E-state index contributed by atoms with van der Waals surface area (Å²) in [5, 5.41) is 7.91. The third-order valence-corrected chi connectivity index (χ3v) is 7.68. The summed E-state index contributed by atoms with van der Waals surface area (Å²) in [6.45, 7) is 6.21. The predicted molar refractivity (Wildman–Crippen MR) is 158 cm³/mol. The van der Waals surface area contributed by atoms with Crippen molar-refractivity contribution in [3.05, 3.63) is 90.6 Å². The maximum atomic E-state index is 13.0. The van der Waals surface area contributed by atoms with Crippen LogP contribution in [0.15, 0.2) is 90.0 Å². The Morgan fingerprint density at radius 1 is 0.905 bits per heavy atom. The van der Waals surface area contributed by atoms with Gasteiger partial charge in [-0.3, -0.25) is 14.6 Å². The highest BCUT2D eigenvalue weighted by molar-refractivity contribution is 7.93. The molecule has 0 spiro atoms. The molecule has 12 heteroatoms. The SMILES string of the molecule is CCN(CCN(C)C)Cc1ccc(-c2ccc(NS(=O)(=O)c3cccc4cccnc34)cc2)cc1.O=C(O)C(F)(F)F. The molecule has 1 aromatic heterocycles. The lowest BCUT2D eigenvalue weighted by molar-refractivity contribution is -0.192. The Morgan fingerprint density at radius 2 is 1.48 bits per heavy atom. The Balaban J connectivity index is 0.000000616. The molecule has 42 heavy (non-hydrogen) atoms. The van der Waals surface area contributed by atoms with Gasteiger partial charge < -0.3 is 10.0 Å². The van der Waals surface area contributed by atoms with Gasteiger partial charge in [0, 0.05) is 36.9 Å². The van der Waals surface area contributed by atoms with Crippen molar-refractivity contribution in [2.75, 3.05) is 38.5 Å². The number of aliphatic carboxylic acids is 1. The number of anilines is 1. The molecule has 0 bridgehead atoms. The van der Waals surface area contributed by atoms with E-state index < -0.39 is 22.2 Å². The van der Waals surface area contributed by atoms with E-state index in [0.29, 0.717) is 11.2 Å². The fourth-order valence-electron chi connectivity index (χ4n) is 3.99. The highest BCUT2D eigenvalue weighted by Gasteiger charge is 2.38. The van der Waals surface area contributed by atoms with Crippen LogP contribution in [-0.4, -0.2) is 74.2 Å². The molecule has 0 aliphatic rings. The summed E-state index contributed by atoms with van der Waals surface area (Å²) in [6, 6.07) is 24.8. The zero-order valence-corrected chi connectivity index (χ0v) is 24.3. The van der Waals surface area contributed by atoms with Gasteiger partial charge in [0.15, 0.2) is 0 Å². The van der Waals surface area contributed by atoms with Crippen molar-refractivity contribution in [3.63, 3.8) is 0 Å². The van der Waals surface area contributed by atoms with Crippen molar-refractivity contribution in [3.8, 4) is 11.1 Å². The number of nitrogens with zero attached hydrogens (tertiary/aromatic N) is 3. The molecule has 0 aliphatic heterocycles. The van der Waals surface area contributed by atoms with Crippen molar-refractivity contribution in [1.82, 2.24) is 14.8 Å². The second-order valence-electron chi connectivity index (χ2n) is 9.69. The van der Waals surface area contributed by atoms with Gasteiger partial charge in [-0.1, -0.05) is 61.5 Å². The lowest BCUT2D eigenvalue weighted by Gasteiger charge is -2.22. The van der Waals surface area contributed by atoms with Crippen molar-refractivity contribution >= 4 is 32.6 Å². The summed E-state index contributed by atoms with van der Waals surface area (Å²) in [5.74, 6) is -2.76. The third kappa shape index (κ3) is 9.26. The number of hydrogen-bond donors (Lipinski definition) is 2. The number of sulfonamides is 1. The molecule has 3 aromatic carbocycles. The lowest BCUT2D eigenvalue weighted by atomic mass is 10.0. The van der Waals surface area contributed by atoms with E-state index in [1.807, 2.05) is 24.3 Å². The Kier molecular flexibility index (Phi) is 11.0. The van der Waals surface area contributed by atoms with Crippen LogP contribution in [0.2, 0.25) is 0 Å². The number of carbonyl (C=O) groups is 1. The molecule has 0 atom stereocenters. The van der Waals surface area contributed by atoms with Gasteiger partial charge in [0.1, 0.15) is 4.90 Å². The number of rotatable bonds is 10. The number of aromatic nitrogens is 1. The lowest BCUT2D eigenvalue weighted by Crippen LogP contribution is -2.31. The Bertz CT molecular complexity index is 1570. The van der Waals surface area contributed by atoms with Crippen molar-refractivity contribution < 1.29 is 31.5 Å². The zero-order chi connectivity index (χ0) is 30.9. The maximum absolute atomic E-state index is 13.0. The van der Waals surface area contributed by atoms with Gasteiger partial charge >= 0.3 is 12.1 Å². The van der Waals surface area contributed by atoms with Gasteiger partial charge in [-0.05, 0) is 61.6 Å².